The van der Waals surface area contributed by atoms with Crippen LogP contribution in [0.5, 0.6) is 5.75 Å². The Balaban J connectivity index is 1.85. The number of nitrogens with zero attached hydrogens (tertiary/aromatic N) is 2. The number of hydrogen-bond donors (Lipinski definition) is 0. The number of rotatable bonds is 7. The van der Waals surface area contributed by atoms with Gasteiger partial charge in [-0.25, -0.2) is 9.59 Å². The third-order valence-electron chi connectivity index (χ3n) is 4.98. The molecular weight excluding hydrogens is 424 g/mol. The first-order valence-corrected chi connectivity index (χ1v) is 10.4. The first-order valence-electron chi connectivity index (χ1n) is 10.4. The lowest BCUT2D eigenvalue weighted by Gasteiger charge is -2.27. The number of ether oxygens (including phenoxy) is 2. The van der Waals surface area contributed by atoms with E-state index in [9.17, 15) is 24.4 Å². The van der Waals surface area contributed by atoms with Crippen LogP contribution in [0.1, 0.15) is 47.1 Å². The molecule has 0 fully saturated rings. The summed E-state index contributed by atoms with van der Waals surface area (Å²) in [7, 11) is 0. The molecule has 1 unspecified atom stereocenters. The molecule has 0 saturated heterocycles. The summed E-state index contributed by atoms with van der Waals surface area (Å²) in [6.07, 6.45) is 1.32. The molecule has 1 heterocycles. The highest BCUT2D eigenvalue weighted by atomic mass is 16.5. The second-order valence-corrected chi connectivity index (χ2v) is 7.60. The van der Waals surface area contributed by atoms with E-state index in [1.165, 1.54) is 18.2 Å². The monoisotopic (exact) mass is 446 g/mol. The molecule has 0 saturated carbocycles. The van der Waals surface area contributed by atoms with Gasteiger partial charge >= 0.3 is 11.9 Å². The van der Waals surface area contributed by atoms with Gasteiger partial charge in [-0.3, -0.25) is 14.5 Å². The molecule has 1 aliphatic heterocycles. The summed E-state index contributed by atoms with van der Waals surface area (Å²) >= 11 is 0. The van der Waals surface area contributed by atoms with Crippen molar-refractivity contribution in [1.29, 1.82) is 5.26 Å². The van der Waals surface area contributed by atoms with Crippen LogP contribution in [0.25, 0.3) is 6.08 Å². The molecule has 0 radical (unpaired) electrons. The minimum atomic E-state index is -1.13. The van der Waals surface area contributed by atoms with Crippen molar-refractivity contribution in [2.45, 2.75) is 26.8 Å². The topological polar surface area (TPSA) is 114 Å². The van der Waals surface area contributed by atoms with Gasteiger partial charge in [0.25, 0.3) is 11.8 Å². The van der Waals surface area contributed by atoms with Crippen molar-refractivity contribution < 1.29 is 28.7 Å². The number of esters is 2. The molecular formula is C25H22N2O6. The molecule has 8 heteroatoms. The second kappa shape index (κ2) is 9.92. The molecule has 1 atom stereocenters. The lowest BCUT2D eigenvalue weighted by molar-refractivity contribution is -0.140. The number of hydrogen-bond acceptors (Lipinski definition) is 7. The van der Waals surface area contributed by atoms with Crippen LogP contribution >= 0.6 is 0 Å². The van der Waals surface area contributed by atoms with Gasteiger partial charge in [-0.2, -0.15) is 5.26 Å². The van der Waals surface area contributed by atoms with E-state index in [2.05, 4.69) is 0 Å². The predicted molar refractivity (Wildman–Crippen MR) is 118 cm³/mol. The molecule has 2 aromatic carbocycles. The molecule has 33 heavy (non-hydrogen) atoms. The van der Waals surface area contributed by atoms with Gasteiger partial charge in [-0.1, -0.05) is 38.1 Å². The molecule has 0 aliphatic carbocycles. The zero-order valence-electron chi connectivity index (χ0n) is 18.4. The van der Waals surface area contributed by atoms with E-state index in [0.29, 0.717) is 5.56 Å². The van der Waals surface area contributed by atoms with Crippen LogP contribution in [0.4, 0.5) is 0 Å². The van der Waals surface area contributed by atoms with Gasteiger partial charge in [0.15, 0.2) is 0 Å². The number of carbonyl (C=O) groups excluding carboxylic acids is 4. The SMILES string of the molecule is CCOC(=O)/C(C#N)=C/c1cccc(OC(=O)C(C(C)C)N2C(=O)c3ccccc3C2=O)c1. The van der Waals surface area contributed by atoms with Crippen LogP contribution in [0.3, 0.4) is 0 Å². The molecule has 2 aromatic rings. The van der Waals surface area contributed by atoms with Crippen molar-refractivity contribution in [2.75, 3.05) is 6.61 Å². The van der Waals surface area contributed by atoms with E-state index >= 15 is 0 Å². The van der Waals surface area contributed by atoms with Crippen molar-refractivity contribution in [2.24, 2.45) is 5.92 Å². The number of carbonyl (C=O) groups is 4. The van der Waals surface area contributed by atoms with Crippen LogP contribution in [-0.4, -0.2) is 41.3 Å². The van der Waals surface area contributed by atoms with Gasteiger partial charge in [0.05, 0.1) is 17.7 Å². The van der Waals surface area contributed by atoms with Crippen LogP contribution in [0, 0.1) is 17.2 Å². The smallest absolute Gasteiger partial charge is 0.348 e. The average molecular weight is 446 g/mol. The summed E-state index contributed by atoms with van der Waals surface area (Å²) in [4.78, 5) is 51.5. The maximum Gasteiger partial charge on any atom is 0.348 e. The molecule has 0 bridgehead atoms. The molecule has 2 amide bonds. The van der Waals surface area contributed by atoms with Crippen molar-refractivity contribution in [3.8, 4) is 11.8 Å². The van der Waals surface area contributed by atoms with Crippen molar-refractivity contribution in [1.82, 2.24) is 4.90 Å². The second-order valence-electron chi connectivity index (χ2n) is 7.60. The van der Waals surface area contributed by atoms with Gasteiger partial charge in [0.2, 0.25) is 0 Å². The number of fused-ring (bicyclic) bond motifs is 1. The molecule has 168 valence electrons. The van der Waals surface area contributed by atoms with Gasteiger partial charge < -0.3 is 9.47 Å². The molecule has 3 rings (SSSR count). The first kappa shape index (κ1) is 23.4. The Morgan fingerprint density at radius 2 is 1.70 bits per heavy atom. The minimum Gasteiger partial charge on any atom is -0.462 e. The number of imide groups is 1. The first-order chi connectivity index (χ1) is 15.8. The van der Waals surface area contributed by atoms with Crippen molar-refractivity contribution in [3.05, 3.63) is 70.8 Å². The quantitative estimate of drug-likeness (QED) is 0.211. The Kier molecular flexibility index (Phi) is 7.04. The highest BCUT2D eigenvalue weighted by molar-refractivity contribution is 6.22. The van der Waals surface area contributed by atoms with E-state index in [-0.39, 0.29) is 29.1 Å². The maximum absolute atomic E-state index is 13.1. The fourth-order valence-electron chi connectivity index (χ4n) is 3.49. The maximum atomic E-state index is 13.1. The lowest BCUT2D eigenvalue weighted by Crippen LogP contribution is -2.49. The molecule has 0 aromatic heterocycles. The fourth-order valence-corrected chi connectivity index (χ4v) is 3.49. The summed E-state index contributed by atoms with van der Waals surface area (Å²) < 4.78 is 10.3. The number of benzene rings is 2. The largest absolute Gasteiger partial charge is 0.462 e. The Bertz CT molecular complexity index is 1160. The van der Waals surface area contributed by atoms with Crippen molar-refractivity contribution >= 4 is 29.8 Å². The summed E-state index contributed by atoms with van der Waals surface area (Å²) in [5, 5.41) is 9.20. The zero-order valence-corrected chi connectivity index (χ0v) is 18.4. The molecule has 8 nitrogen and oxygen atoms in total. The van der Waals surface area contributed by atoms with E-state index < -0.39 is 35.7 Å². The lowest BCUT2D eigenvalue weighted by atomic mass is 10.0. The minimum absolute atomic E-state index is 0.129. The normalized spacial score (nSPS) is 14.0. The van der Waals surface area contributed by atoms with Gasteiger partial charge in [0.1, 0.15) is 23.4 Å². The molecule has 0 N–H and O–H groups in total. The predicted octanol–water partition coefficient (Wildman–Crippen LogP) is 3.38. The third-order valence-corrected chi connectivity index (χ3v) is 4.98. The van der Waals surface area contributed by atoms with Gasteiger partial charge in [-0.05, 0) is 48.7 Å². The molecule has 1 aliphatic rings. The van der Waals surface area contributed by atoms with E-state index in [1.54, 1.807) is 63.2 Å². The van der Waals surface area contributed by atoms with E-state index in [1.807, 2.05) is 0 Å². The van der Waals surface area contributed by atoms with Crippen LogP contribution in [0.15, 0.2) is 54.1 Å². The fraction of sp³-hybridized carbons (Fsp3) is 0.240. The van der Waals surface area contributed by atoms with Crippen molar-refractivity contribution in [3.63, 3.8) is 0 Å². The summed E-state index contributed by atoms with van der Waals surface area (Å²) in [5.41, 5.74) is 0.727. The van der Waals surface area contributed by atoms with E-state index in [0.717, 1.165) is 4.90 Å². The van der Waals surface area contributed by atoms with Crippen LogP contribution in [0.2, 0.25) is 0 Å². The van der Waals surface area contributed by atoms with E-state index in [4.69, 9.17) is 9.47 Å². The Morgan fingerprint density at radius 1 is 1.06 bits per heavy atom. The zero-order chi connectivity index (χ0) is 24.1. The van der Waals surface area contributed by atoms with Gasteiger partial charge in [0, 0.05) is 0 Å². The number of amides is 2. The average Bonchev–Trinajstić information content (AvgIpc) is 3.03. The molecule has 0 spiro atoms. The van der Waals surface area contributed by atoms with Crippen LogP contribution in [-0.2, 0) is 14.3 Å². The Hall–Kier alpha value is -4.25. The van der Waals surface area contributed by atoms with Crippen LogP contribution < -0.4 is 4.74 Å². The van der Waals surface area contributed by atoms with Gasteiger partial charge in [-0.15, -0.1) is 0 Å². The summed E-state index contributed by atoms with van der Waals surface area (Å²) in [6, 6.07) is 13.2. The Labute approximate surface area is 191 Å². The highest BCUT2D eigenvalue weighted by Gasteiger charge is 2.44. The standard InChI is InChI=1S/C25H22N2O6/c1-4-32-24(30)17(14-26)12-16-8-7-9-18(13-16)33-25(31)21(15(2)3)27-22(28)19-10-5-6-11-20(19)23(27)29/h5-13,15,21H,4H2,1-3H3/b17-12+. The number of nitriles is 1. The summed E-state index contributed by atoms with van der Waals surface area (Å²) in [6.45, 7) is 5.19. The highest BCUT2D eigenvalue weighted by Crippen LogP contribution is 2.28. The Morgan fingerprint density at radius 3 is 2.24 bits per heavy atom. The third kappa shape index (κ3) is 4.83. The summed E-state index contributed by atoms with van der Waals surface area (Å²) in [5.74, 6) is -2.89.